The molecule has 0 saturated carbocycles. The first-order valence-corrected chi connectivity index (χ1v) is 7.47. The number of benzene rings is 2. The summed E-state index contributed by atoms with van der Waals surface area (Å²) in [5, 5.41) is 16.4. The van der Waals surface area contributed by atoms with Crippen LogP contribution in [-0.4, -0.2) is 20.9 Å². The molecule has 0 aliphatic carbocycles. The zero-order valence-corrected chi connectivity index (χ0v) is 13.3. The standard InChI is InChI=1S/C17H16N4O3/c1-11(2)20-16-15(21(22)23)17(19-10-18-16)24-14-8-7-12-5-3-4-6-13(12)9-14/h3-11H,1-2H3,(H,18,19,20). The van der Waals surface area contributed by atoms with Crippen molar-refractivity contribution in [3.8, 4) is 11.6 Å². The van der Waals surface area contributed by atoms with Gasteiger partial charge in [-0.15, -0.1) is 0 Å². The third kappa shape index (κ3) is 3.24. The van der Waals surface area contributed by atoms with E-state index < -0.39 is 4.92 Å². The van der Waals surface area contributed by atoms with Gasteiger partial charge in [-0.3, -0.25) is 10.1 Å². The molecule has 0 unspecified atom stereocenters. The molecule has 1 aromatic heterocycles. The highest BCUT2D eigenvalue weighted by atomic mass is 16.6. The Kier molecular flexibility index (Phi) is 4.24. The second kappa shape index (κ2) is 6.49. The first kappa shape index (κ1) is 15.7. The Morgan fingerprint density at radius 1 is 1.12 bits per heavy atom. The maximum Gasteiger partial charge on any atom is 0.373 e. The second-order valence-corrected chi connectivity index (χ2v) is 5.54. The van der Waals surface area contributed by atoms with Crippen LogP contribution in [0.4, 0.5) is 11.5 Å². The molecule has 0 amide bonds. The first-order valence-electron chi connectivity index (χ1n) is 7.47. The van der Waals surface area contributed by atoms with Crippen LogP contribution in [0.15, 0.2) is 48.8 Å². The largest absolute Gasteiger partial charge is 0.434 e. The zero-order valence-electron chi connectivity index (χ0n) is 13.3. The van der Waals surface area contributed by atoms with Gasteiger partial charge in [-0.25, -0.2) is 4.98 Å². The molecule has 0 radical (unpaired) electrons. The summed E-state index contributed by atoms with van der Waals surface area (Å²) < 4.78 is 5.67. The molecular weight excluding hydrogens is 308 g/mol. The van der Waals surface area contributed by atoms with Crippen molar-refractivity contribution in [2.45, 2.75) is 19.9 Å². The SMILES string of the molecule is CC(C)Nc1ncnc(Oc2ccc3ccccc3c2)c1[N+](=O)[O-]. The Morgan fingerprint density at radius 2 is 1.88 bits per heavy atom. The van der Waals surface area contributed by atoms with E-state index in [-0.39, 0.29) is 23.4 Å². The Morgan fingerprint density at radius 3 is 2.58 bits per heavy atom. The normalized spacial score (nSPS) is 10.8. The molecule has 0 atom stereocenters. The predicted molar refractivity (Wildman–Crippen MR) is 91.5 cm³/mol. The van der Waals surface area contributed by atoms with Crippen LogP contribution in [0.3, 0.4) is 0 Å². The molecule has 122 valence electrons. The summed E-state index contributed by atoms with van der Waals surface area (Å²) >= 11 is 0. The lowest BCUT2D eigenvalue weighted by atomic mass is 10.1. The van der Waals surface area contributed by atoms with Crippen molar-refractivity contribution in [3.05, 3.63) is 58.9 Å². The van der Waals surface area contributed by atoms with Crippen molar-refractivity contribution in [1.29, 1.82) is 0 Å². The van der Waals surface area contributed by atoms with Gasteiger partial charge in [0.05, 0.1) is 4.92 Å². The summed E-state index contributed by atoms with van der Waals surface area (Å²) in [4.78, 5) is 18.8. The monoisotopic (exact) mass is 324 g/mol. The third-order valence-corrected chi connectivity index (χ3v) is 3.33. The number of hydrogen-bond donors (Lipinski definition) is 1. The van der Waals surface area contributed by atoms with E-state index in [1.165, 1.54) is 6.33 Å². The van der Waals surface area contributed by atoms with Crippen LogP contribution in [-0.2, 0) is 0 Å². The summed E-state index contributed by atoms with van der Waals surface area (Å²) in [6, 6.07) is 13.3. The first-order chi connectivity index (χ1) is 11.5. The molecule has 1 heterocycles. The van der Waals surface area contributed by atoms with Crippen molar-refractivity contribution in [2.75, 3.05) is 5.32 Å². The molecule has 0 bridgehead atoms. The van der Waals surface area contributed by atoms with Crippen molar-refractivity contribution in [1.82, 2.24) is 9.97 Å². The zero-order chi connectivity index (χ0) is 17.1. The van der Waals surface area contributed by atoms with Gasteiger partial charge in [0.1, 0.15) is 12.1 Å². The van der Waals surface area contributed by atoms with Crippen LogP contribution in [0.2, 0.25) is 0 Å². The van der Waals surface area contributed by atoms with E-state index in [0.717, 1.165) is 10.8 Å². The van der Waals surface area contributed by atoms with E-state index in [2.05, 4.69) is 15.3 Å². The quantitative estimate of drug-likeness (QED) is 0.560. The molecule has 0 fully saturated rings. The van der Waals surface area contributed by atoms with Crippen LogP contribution in [0, 0.1) is 10.1 Å². The molecule has 0 spiro atoms. The van der Waals surface area contributed by atoms with Crippen molar-refractivity contribution in [2.24, 2.45) is 0 Å². The number of fused-ring (bicyclic) bond motifs is 1. The number of aromatic nitrogens is 2. The molecule has 7 nitrogen and oxygen atoms in total. The van der Waals surface area contributed by atoms with Gasteiger partial charge in [0.2, 0.25) is 5.82 Å². The van der Waals surface area contributed by atoms with E-state index in [4.69, 9.17) is 4.74 Å². The fourth-order valence-corrected chi connectivity index (χ4v) is 2.32. The van der Waals surface area contributed by atoms with Gasteiger partial charge in [-0.2, -0.15) is 4.98 Å². The molecule has 3 rings (SSSR count). The highest BCUT2D eigenvalue weighted by Crippen LogP contribution is 2.35. The van der Waals surface area contributed by atoms with Crippen LogP contribution in [0.1, 0.15) is 13.8 Å². The van der Waals surface area contributed by atoms with Gasteiger partial charge < -0.3 is 10.1 Å². The van der Waals surface area contributed by atoms with Gasteiger partial charge in [0.25, 0.3) is 0 Å². The summed E-state index contributed by atoms with van der Waals surface area (Å²) in [5.74, 6) is 0.528. The fourth-order valence-electron chi connectivity index (χ4n) is 2.32. The third-order valence-electron chi connectivity index (χ3n) is 3.33. The Labute approximate surface area is 138 Å². The number of rotatable bonds is 5. The lowest BCUT2D eigenvalue weighted by molar-refractivity contribution is -0.385. The predicted octanol–water partition coefficient (Wildman–Crippen LogP) is 4.15. The smallest absolute Gasteiger partial charge is 0.373 e. The van der Waals surface area contributed by atoms with Crippen LogP contribution in [0.5, 0.6) is 11.6 Å². The molecule has 3 aromatic rings. The Balaban J connectivity index is 2.00. The molecule has 24 heavy (non-hydrogen) atoms. The molecule has 1 N–H and O–H groups in total. The maximum atomic E-state index is 11.4. The molecular formula is C17H16N4O3. The summed E-state index contributed by atoms with van der Waals surface area (Å²) in [6.07, 6.45) is 1.24. The fraction of sp³-hybridized carbons (Fsp3) is 0.176. The van der Waals surface area contributed by atoms with Gasteiger partial charge in [-0.1, -0.05) is 30.3 Å². The minimum absolute atomic E-state index is 0.00730. The van der Waals surface area contributed by atoms with E-state index in [0.29, 0.717) is 5.75 Å². The highest BCUT2D eigenvalue weighted by molar-refractivity contribution is 5.83. The number of hydrogen-bond acceptors (Lipinski definition) is 6. The molecule has 0 aliphatic rings. The minimum Gasteiger partial charge on any atom is -0.434 e. The average Bonchev–Trinajstić information content (AvgIpc) is 2.54. The van der Waals surface area contributed by atoms with Gasteiger partial charge in [0.15, 0.2) is 0 Å². The van der Waals surface area contributed by atoms with Crippen molar-refractivity contribution < 1.29 is 9.66 Å². The maximum absolute atomic E-state index is 11.4. The molecule has 0 aliphatic heterocycles. The Bertz CT molecular complexity index is 896. The summed E-state index contributed by atoms with van der Waals surface area (Å²) in [6.45, 7) is 3.74. The summed E-state index contributed by atoms with van der Waals surface area (Å²) in [7, 11) is 0. The number of nitrogens with one attached hydrogen (secondary N) is 1. The van der Waals surface area contributed by atoms with E-state index >= 15 is 0 Å². The van der Waals surface area contributed by atoms with Crippen molar-refractivity contribution in [3.63, 3.8) is 0 Å². The van der Waals surface area contributed by atoms with E-state index in [1.807, 2.05) is 50.2 Å². The molecule has 0 saturated heterocycles. The highest BCUT2D eigenvalue weighted by Gasteiger charge is 2.25. The Hall–Kier alpha value is -3.22. The lowest BCUT2D eigenvalue weighted by Crippen LogP contribution is -2.13. The number of ether oxygens (including phenoxy) is 1. The van der Waals surface area contributed by atoms with Gasteiger partial charge in [0, 0.05) is 6.04 Å². The van der Waals surface area contributed by atoms with E-state index in [9.17, 15) is 10.1 Å². The van der Waals surface area contributed by atoms with Crippen LogP contribution >= 0.6 is 0 Å². The number of nitro groups is 1. The second-order valence-electron chi connectivity index (χ2n) is 5.54. The number of nitrogens with zero attached hydrogens (tertiary/aromatic N) is 3. The van der Waals surface area contributed by atoms with Crippen LogP contribution < -0.4 is 10.1 Å². The lowest BCUT2D eigenvalue weighted by Gasteiger charge is -2.11. The average molecular weight is 324 g/mol. The minimum atomic E-state index is -0.541. The molecule has 2 aromatic carbocycles. The topological polar surface area (TPSA) is 90.2 Å². The summed E-state index contributed by atoms with van der Waals surface area (Å²) in [5.41, 5.74) is -0.278. The van der Waals surface area contributed by atoms with Gasteiger partial charge >= 0.3 is 11.6 Å². The number of anilines is 1. The van der Waals surface area contributed by atoms with Gasteiger partial charge in [-0.05, 0) is 36.8 Å². The molecule has 7 heteroatoms. The van der Waals surface area contributed by atoms with Crippen molar-refractivity contribution >= 4 is 22.3 Å². The van der Waals surface area contributed by atoms with Crippen LogP contribution in [0.25, 0.3) is 10.8 Å². The van der Waals surface area contributed by atoms with E-state index in [1.54, 1.807) is 6.07 Å².